The summed E-state index contributed by atoms with van der Waals surface area (Å²) in [7, 11) is 1.91. The molecule has 2 aromatic rings. The van der Waals surface area contributed by atoms with Crippen molar-refractivity contribution >= 4 is 5.97 Å². The van der Waals surface area contributed by atoms with Crippen molar-refractivity contribution in [2.45, 2.75) is 13.5 Å². The molecule has 0 aliphatic heterocycles. The van der Waals surface area contributed by atoms with E-state index in [-0.39, 0.29) is 5.97 Å². The fraction of sp³-hybridized carbons (Fsp3) is 0.286. The minimum atomic E-state index is -0.321. The molecule has 0 bridgehead atoms. The average Bonchev–Trinajstić information content (AvgIpc) is 2.83. The summed E-state index contributed by atoms with van der Waals surface area (Å²) in [6, 6.07) is 6.86. The van der Waals surface area contributed by atoms with Gasteiger partial charge in [0, 0.05) is 19.4 Å². The highest BCUT2D eigenvalue weighted by molar-refractivity contribution is 5.89. The second-order valence-electron chi connectivity index (χ2n) is 3.99. The molecule has 100 valence electrons. The normalized spacial score (nSPS) is 10.2. The number of nitrogens with zero attached hydrogens (tertiary/aromatic N) is 2. The molecular weight excluding hydrogens is 244 g/mol. The van der Waals surface area contributed by atoms with E-state index in [0.29, 0.717) is 24.5 Å². The van der Waals surface area contributed by atoms with Gasteiger partial charge in [0.1, 0.15) is 18.2 Å². The number of esters is 1. The number of aryl methyl sites for hydroxylation is 1. The third kappa shape index (κ3) is 3.34. The molecule has 0 saturated carbocycles. The van der Waals surface area contributed by atoms with Crippen LogP contribution in [0.25, 0.3) is 0 Å². The first-order valence-corrected chi connectivity index (χ1v) is 6.07. The van der Waals surface area contributed by atoms with Crippen LogP contribution < -0.4 is 4.74 Å². The Morgan fingerprint density at radius 3 is 2.63 bits per heavy atom. The molecular formula is C14H16N2O3. The van der Waals surface area contributed by atoms with Crippen LogP contribution >= 0.6 is 0 Å². The van der Waals surface area contributed by atoms with Crippen LogP contribution in [0.1, 0.15) is 23.1 Å². The van der Waals surface area contributed by atoms with E-state index in [4.69, 9.17) is 9.47 Å². The van der Waals surface area contributed by atoms with E-state index in [2.05, 4.69) is 4.98 Å². The summed E-state index contributed by atoms with van der Waals surface area (Å²) < 4.78 is 12.4. The molecule has 0 fully saturated rings. The summed E-state index contributed by atoms with van der Waals surface area (Å²) in [5, 5.41) is 0. The predicted molar refractivity (Wildman–Crippen MR) is 69.9 cm³/mol. The van der Waals surface area contributed by atoms with Gasteiger partial charge < -0.3 is 14.0 Å². The Balaban J connectivity index is 1.95. The number of imidazole rings is 1. The van der Waals surface area contributed by atoms with Crippen molar-refractivity contribution in [3.05, 3.63) is 48.0 Å². The van der Waals surface area contributed by atoms with Crippen LogP contribution in [0.15, 0.2) is 36.7 Å². The maximum Gasteiger partial charge on any atom is 0.338 e. The van der Waals surface area contributed by atoms with Crippen molar-refractivity contribution < 1.29 is 14.3 Å². The van der Waals surface area contributed by atoms with Gasteiger partial charge in [0.2, 0.25) is 0 Å². The minimum absolute atomic E-state index is 0.321. The first-order valence-electron chi connectivity index (χ1n) is 6.07. The molecule has 2 rings (SSSR count). The van der Waals surface area contributed by atoms with Crippen LogP contribution in [0, 0.1) is 0 Å². The molecule has 0 unspecified atom stereocenters. The van der Waals surface area contributed by atoms with E-state index in [0.717, 1.165) is 5.82 Å². The molecule has 1 aromatic heterocycles. The zero-order chi connectivity index (χ0) is 13.7. The van der Waals surface area contributed by atoms with Crippen LogP contribution in [0.2, 0.25) is 0 Å². The van der Waals surface area contributed by atoms with Gasteiger partial charge in [-0.3, -0.25) is 0 Å². The maximum absolute atomic E-state index is 11.5. The Morgan fingerprint density at radius 2 is 2.05 bits per heavy atom. The number of hydrogen-bond donors (Lipinski definition) is 0. The predicted octanol–water partition coefficient (Wildman–Crippen LogP) is 2.18. The van der Waals surface area contributed by atoms with Gasteiger partial charge in [-0.05, 0) is 31.2 Å². The van der Waals surface area contributed by atoms with Crippen LogP contribution in [-0.2, 0) is 18.4 Å². The average molecular weight is 260 g/mol. The van der Waals surface area contributed by atoms with E-state index in [9.17, 15) is 4.79 Å². The molecule has 0 aliphatic carbocycles. The first kappa shape index (κ1) is 13.1. The Kier molecular flexibility index (Phi) is 4.18. The van der Waals surface area contributed by atoms with Crippen molar-refractivity contribution in [1.29, 1.82) is 0 Å². The Hall–Kier alpha value is -2.30. The van der Waals surface area contributed by atoms with Crippen molar-refractivity contribution in [3.8, 4) is 5.75 Å². The number of carbonyl (C=O) groups is 1. The topological polar surface area (TPSA) is 53.4 Å². The zero-order valence-electron chi connectivity index (χ0n) is 11.0. The maximum atomic E-state index is 11.5. The Labute approximate surface area is 111 Å². The highest BCUT2D eigenvalue weighted by Gasteiger charge is 2.06. The molecule has 1 heterocycles. The van der Waals surface area contributed by atoms with Crippen molar-refractivity contribution in [1.82, 2.24) is 9.55 Å². The van der Waals surface area contributed by atoms with Gasteiger partial charge in [0.05, 0.1) is 12.2 Å². The third-order valence-electron chi connectivity index (χ3n) is 2.65. The van der Waals surface area contributed by atoms with Crippen LogP contribution in [0.5, 0.6) is 5.75 Å². The highest BCUT2D eigenvalue weighted by Crippen LogP contribution is 2.14. The molecule has 0 spiro atoms. The number of ether oxygens (including phenoxy) is 2. The van der Waals surface area contributed by atoms with Crippen LogP contribution in [0.3, 0.4) is 0 Å². The van der Waals surface area contributed by atoms with Crippen molar-refractivity contribution in [2.75, 3.05) is 6.61 Å². The molecule has 1 aromatic carbocycles. The van der Waals surface area contributed by atoms with Gasteiger partial charge in [0.25, 0.3) is 0 Å². The lowest BCUT2D eigenvalue weighted by Gasteiger charge is -2.07. The van der Waals surface area contributed by atoms with Gasteiger partial charge in [-0.15, -0.1) is 0 Å². The standard InChI is InChI=1S/C14H16N2O3/c1-3-18-14(17)11-4-6-12(7-5-11)19-10-13-15-8-9-16(13)2/h4-9H,3,10H2,1-2H3. The second kappa shape index (κ2) is 6.04. The van der Waals surface area contributed by atoms with E-state index in [1.165, 1.54) is 0 Å². The van der Waals surface area contributed by atoms with Gasteiger partial charge in [-0.25, -0.2) is 9.78 Å². The monoisotopic (exact) mass is 260 g/mol. The van der Waals surface area contributed by atoms with Gasteiger partial charge in [-0.1, -0.05) is 0 Å². The molecule has 0 atom stereocenters. The van der Waals surface area contributed by atoms with E-state index >= 15 is 0 Å². The zero-order valence-corrected chi connectivity index (χ0v) is 11.0. The summed E-state index contributed by atoms with van der Waals surface area (Å²) in [6.07, 6.45) is 3.59. The lowest BCUT2D eigenvalue weighted by Crippen LogP contribution is -2.05. The molecule has 0 aliphatic rings. The molecule has 19 heavy (non-hydrogen) atoms. The number of rotatable bonds is 5. The number of aromatic nitrogens is 2. The SMILES string of the molecule is CCOC(=O)c1ccc(OCc2nccn2C)cc1. The molecule has 0 amide bonds. The summed E-state index contributed by atoms with van der Waals surface area (Å²) in [5.41, 5.74) is 0.520. The Morgan fingerprint density at radius 1 is 1.32 bits per heavy atom. The van der Waals surface area contributed by atoms with E-state index < -0.39 is 0 Å². The largest absolute Gasteiger partial charge is 0.486 e. The molecule has 5 nitrogen and oxygen atoms in total. The van der Waals surface area contributed by atoms with Gasteiger partial charge in [-0.2, -0.15) is 0 Å². The highest BCUT2D eigenvalue weighted by atomic mass is 16.5. The van der Waals surface area contributed by atoms with Crippen LogP contribution in [0.4, 0.5) is 0 Å². The van der Waals surface area contributed by atoms with Crippen molar-refractivity contribution in [2.24, 2.45) is 7.05 Å². The lowest BCUT2D eigenvalue weighted by molar-refractivity contribution is 0.0526. The lowest BCUT2D eigenvalue weighted by atomic mass is 10.2. The summed E-state index contributed by atoms with van der Waals surface area (Å²) in [5.74, 6) is 1.21. The summed E-state index contributed by atoms with van der Waals surface area (Å²) >= 11 is 0. The molecule has 0 radical (unpaired) electrons. The van der Waals surface area contributed by atoms with E-state index in [1.54, 1.807) is 37.4 Å². The fourth-order valence-corrected chi connectivity index (χ4v) is 1.59. The molecule has 0 saturated heterocycles. The number of carbonyl (C=O) groups excluding carboxylic acids is 1. The summed E-state index contributed by atoms with van der Waals surface area (Å²) in [4.78, 5) is 15.6. The quantitative estimate of drug-likeness (QED) is 0.773. The van der Waals surface area contributed by atoms with E-state index in [1.807, 2.05) is 17.8 Å². The van der Waals surface area contributed by atoms with Crippen LogP contribution in [-0.4, -0.2) is 22.1 Å². The second-order valence-corrected chi connectivity index (χ2v) is 3.99. The summed E-state index contributed by atoms with van der Waals surface area (Å²) in [6.45, 7) is 2.54. The fourth-order valence-electron chi connectivity index (χ4n) is 1.59. The minimum Gasteiger partial charge on any atom is -0.486 e. The van der Waals surface area contributed by atoms with Gasteiger partial charge in [0.15, 0.2) is 0 Å². The van der Waals surface area contributed by atoms with Gasteiger partial charge >= 0.3 is 5.97 Å². The Bertz CT molecular complexity index is 546. The number of benzene rings is 1. The molecule has 5 heteroatoms. The third-order valence-corrected chi connectivity index (χ3v) is 2.65. The first-order chi connectivity index (χ1) is 9.20. The number of hydrogen-bond acceptors (Lipinski definition) is 4. The molecule has 0 N–H and O–H groups in total. The smallest absolute Gasteiger partial charge is 0.338 e. The van der Waals surface area contributed by atoms with Crippen molar-refractivity contribution in [3.63, 3.8) is 0 Å².